The first-order chi connectivity index (χ1) is 14.6. The van der Waals surface area contributed by atoms with E-state index in [1.807, 2.05) is 12.4 Å². The van der Waals surface area contributed by atoms with Gasteiger partial charge < -0.3 is 15.6 Å². The molecular weight excluding hydrogens is 380 g/mol. The quantitative estimate of drug-likeness (QED) is 0.544. The molecule has 9 heteroatoms. The van der Waals surface area contributed by atoms with E-state index in [9.17, 15) is 4.79 Å². The van der Waals surface area contributed by atoms with Gasteiger partial charge in [-0.2, -0.15) is 4.98 Å². The van der Waals surface area contributed by atoms with Crippen molar-refractivity contribution in [2.75, 3.05) is 30.7 Å². The maximum atomic E-state index is 13.1. The second-order valence-corrected chi connectivity index (χ2v) is 7.71. The zero-order chi connectivity index (χ0) is 20.9. The summed E-state index contributed by atoms with van der Waals surface area (Å²) in [6.07, 6.45) is 9.95. The highest BCUT2D eigenvalue weighted by atomic mass is 16.1. The zero-order valence-corrected chi connectivity index (χ0v) is 17.3. The SMILES string of the molecule is CCCCNc1nc(N)nc2ccn(Cc3ncc(CN4CCCC4)cn3)c(=O)c12. The molecule has 158 valence electrons. The third-order valence-electron chi connectivity index (χ3n) is 5.34. The van der Waals surface area contributed by atoms with Crippen molar-refractivity contribution in [1.82, 2.24) is 29.4 Å². The second kappa shape index (κ2) is 9.17. The molecule has 0 atom stereocenters. The highest BCUT2D eigenvalue weighted by molar-refractivity contribution is 5.89. The largest absolute Gasteiger partial charge is 0.369 e. The second-order valence-electron chi connectivity index (χ2n) is 7.71. The third-order valence-corrected chi connectivity index (χ3v) is 5.34. The summed E-state index contributed by atoms with van der Waals surface area (Å²) in [5.74, 6) is 1.22. The van der Waals surface area contributed by atoms with E-state index in [-0.39, 0.29) is 18.1 Å². The average Bonchev–Trinajstić information content (AvgIpc) is 3.24. The molecule has 9 nitrogen and oxygen atoms in total. The van der Waals surface area contributed by atoms with Crippen LogP contribution in [0.3, 0.4) is 0 Å². The Kier molecular flexibility index (Phi) is 6.18. The molecule has 0 radical (unpaired) electrons. The van der Waals surface area contributed by atoms with Crippen LogP contribution in [0.4, 0.5) is 11.8 Å². The van der Waals surface area contributed by atoms with E-state index in [0.717, 1.165) is 44.6 Å². The van der Waals surface area contributed by atoms with E-state index in [1.165, 1.54) is 12.8 Å². The molecule has 0 unspecified atom stereocenters. The van der Waals surface area contributed by atoms with Crippen molar-refractivity contribution >= 4 is 22.7 Å². The molecule has 4 heterocycles. The van der Waals surface area contributed by atoms with Crippen LogP contribution in [0, 0.1) is 0 Å². The van der Waals surface area contributed by atoms with Crippen LogP contribution in [-0.2, 0) is 13.1 Å². The molecule has 1 aliphatic heterocycles. The summed E-state index contributed by atoms with van der Waals surface area (Å²) in [6, 6.07) is 1.78. The van der Waals surface area contributed by atoms with E-state index in [1.54, 1.807) is 16.8 Å². The lowest BCUT2D eigenvalue weighted by Crippen LogP contribution is -2.23. The van der Waals surface area contributed by atoms with Gasteiger partial charge >= 0.3 is 0 Å². The maximum absolute atomic E-state index is 13.1. The van der Waals surface area contributed by atoms with Crippen molar-refractivity contribution in [3.05, 3.63) is 46.4 Å². The molecule has 1 aliphatic rings. The van der Waals surface area contributed by atoms with Gasteiger partial charge in [-0.25, -0.2) is 15.0 Å². The lowest BCUT2D eigenvalue weighted by atomic mass is 10.2. The summed E-state index contributed by atoms with van der Waals surface area (Å²) >= 11 is 0. The fraction of sp³-hybridized carbons (Fsp3) is 0.476. The number of pyridine rings is 1. The van der Waals surface area contributed by atoms with Crippen LogP contribution in [-0.4, -0.2) is 49.0 Å². The number of nitrogen functional groups attached to an aromatic ring is 1. The average molecular weight is 409 g/mol. The number of nitrogens with two attached hydrogens (primary N) is 1. The van der Waals surface area contributed by atoms with Crippen molar-refractivity contribution in [3.8, 4) is 0 Å². The van der Waals surface area contributed by atoms with Crippen LogP contribution in [0.1, 0.15) is 44.0 Å². The Bertz CT molecular complexity index is 1060. The standard InChI is InChI=1S/C21H28N8O/c1-2-3-7-23-19-18-16(26-21(22)27-19)6-10-29(20(18)30)14-17-24-11-15(12-25-17)13-28-8-4-5-9-28/h6,10-12H,2-5,7-9,13-14H2,1H3,(H3,22,23,26,27). The van der Waals surface area contributed by atoms with E-state index >= 15 is 0 Å². The van der Waals surface area contributed by atoms with Gasteiger partial charge in [-0.1, -0.05) is 13.3 Å². The fourth-order valence-corrected chi connectivity index (χ4v) is 3.73. The van der Waals surface area contributed by atoms with Gasteiger partial charge in [-0.05, 0) is 38.4 Å². The van der Waals surface area contributed by atoms with Gasteiger partial charge in [0.1, 0.15) is 17.0 Å². The summed E-state index contributed by atoms with van der Waals surface area (Å²) in [4.78, 5) is 32.9. The van der Waals surface area contributed by atoms with E-state index in [2.05, 4.69) is 37.1 Å². The molecule has 0 aromatic carbocycles. The minimum absolute atomic E-state index is 0.149. The molecule has 0 amide bonds. The van der Waals surface area contributed by atoms with Crippen molar-refractivity contribution in [1.29, 1.82) is 0 Å². The molecule has 0 saturated carbocycles. The van der Waals surface area contributed by atoms with Gasteiger partial charge in [0.25, 0.3) is 5.56 Å². The van der Waals surface area contributed by atoms with Crippen molar-refractivity contribution in [2.45, 2.75) is 45.7 Å². The number of hydrogen-bond donors (Lipinski definition) is 2. The smallest absolute Gasteiger partial charge is 0.264 e. The molecule has 0 bridgehead atoms. The van der Waals surface area contributed by atoms with E-state index in [0.29, 0.717) is 22.5 Å². The summed E-state index contributed by atoms with van der Waals surface area (Å²) in [5.41, 5.74) is 7.26. The molecule has 0 spiro atoms. The molecule has 1 fully saturated rings. The zero-order valence-electron chi connectivity index (χ0n) is 17.3. The molecule has 3 N–H and O–H groups in total. The van der Waals surface area contributed by atoms with Crippen molar-refractivity contribution in [2.24, 2.45) is 0 Å². The lowest BCUT2D eigenvalue weighted by molar-refractivity contribution is 0.330. The number of hydrogen-bond acceptors (Lipinski definition) is 8. The molecule has 3 aromatic heterocycles. The predicted molar refractivity (Wildman–Crippen MR) is 117 cm³/mol. The Balaban J connectivity index is 1.56. The monoisotopic (exact) mass is 408 g/mol. The Morgan fingerprint density at radius 1 is 1.13 bits per heavy atom. The van der Waals surface area contributed by atoms with Gasteiger partial charge in [0, 0.05) is 37.2 Å². The first kappa shape index (κ1) is 20.2. The van der Waals surface area contributed by atoms with Crippen molar-refractivity contribution in [3.63, 3.8) is 0 Å². The Labute approximate surface area is 175 Å². The van der Waals surface area contributed by atoms with Gasteiger partial charge in [0.2, 0.25) is 5.95 Å². The molecule has 1 saturated heterocycles. The van der Waals surface area contributed by atoms with Crippen LogP contribution in [0.15, 0.2) is 29.5 Å². The van der Waals surface area contributed by atoms with Crippen LogP contribution in [0.5, 0.6) is 0 Å². The Morgan fingerprint density at radius 2 is 1.90 bits per heavy atom. The minimum Gasteiger partial charge on any atom is -0.369 e. The highest BCUT2D eigenvalue weighted by Crippen LogP contribution is 2.18. The van der Waals surface area contributed by atoms with E-state index < -0.39 is 0 Å². The Morgan fingerprint density at radius 3 is 2.63 bits per heavy atom. The minimum atomic E-state index is -0.184. The summed E-state index contributed by atoms with van der Waals surface area (Å²) < 4.78 is 1.59. The number of nitrogens with zero attached hydrogens (tertiary/aromatic N) is 6. The number of anilines is 2. The topological polar surface area (TPSA) is 115 Å². The van der Waals surface area contributed by atoms with E-state index in [4.69, 9.17) is 5.73 Å². The van der Waals surface area contributed by atoms with Gasteiger partial charge in [0.15, 0.2) is 0 Å². The van der Waals surface area contributed by atoms with Gasteiger partial charge in [-0.3, -0.25) is 9.69 Å². The molecular formula is C21H28N8O. The summed E-state index contributed by atoms with van der Waals surface area (Å²) in [5, 5.41) is 3.66. The fourth-order valence-electron chi connectivity index (χ4n) is 3.73. The number of fused-ring (bicyclic) bond motifs is 1. The molecule has 3 aromatic rings. The van der Waals surface area contributed by atoms with Crippen LogP contribution >= 0.6 is 0 Å². The van der Waals surface area contributed by atoms with Gasteiger partial charge in [-0.15, -0.1) is 0 Å². The summed E-state index contributed by atoms with van der Waals surface area (Å²) in [6.45, 7) is 6.26. The first-order valence-corrected chi connectivity index (χ1v) is 10.6. The number of nitrogens with one attached hydrogen (secondary N) is 1. The third kappa shape index (κ3) is 4.56. The molecule has 4 rings (SSSR count). The van der Waals surface area contributed by atoms with Crippen LogP contribution < -0.4 is 16.6 Å². The normalized spacial score (nSPS) is 14.4. The number of unbranched alkanes of at least 4 members (excludes halogenated alkanes) is 1. The Hall–Kier alpha value is -3.07. The lowest BCUT2D eigenvalue weighted by Gasteiger charge is -2.14. The summed E-state index contributed by atoms with van der Waals surface area (Å²) in [7, 11) is 0. The highest BCUT2D eigenvalue weighted by Gasteiger charge is 2.14. The predicted octanol–water partition coefficient (Wildman–Crippen LogP) is 2.02. The van der Waals surface area contributed by atoms with Crippen LogP contribution in [0.25, 0.3) is 10.9 Å². The maximum Gasteiger partial charge on any atom is 0.264 e. The molecule has 0 aliphatic carbocycles. The molecule has 30 heavy (non-hydrogen) atoms. The number of rotatable bonds is 8. The number of aromatic nitrogens is 5. The number of likely N-dealkylation sites (tertiary alicyclic amines) is 1. The first-order valence-electron chi connectivity index (χ1n) is 10.6. The van der Waals surface area contributed by atoms with Crippen LogP contribution in [0.2, 0.25) is 0 Å². The van der Waals surface area contributed by atoms with Crippen molar-refractivity contribution < 1.29 is 0 Å². The van der Waals surface area contributed by atoms with Gasteiger partial charge in [0.05, 0.1) is 12.1 Å².